The summed E-state index contributed by atoms with van der Waals surface area (Å²) in [7, 11) is 0.255. The number of ether oxygens (including phenoxy) is 2. The van der Waals surface area contributed by atoms with Gasteiger partial charge in [-0.15, -0.1) is 0 Å². The number of anilines is 1. The van der Waals surface area contributed by atoms with E-state index >= 15 is 0 Å². The highest BCUT2D eigenvalue weighted by atomic mass is 32.2. The molecular formula is C31H43N6O4S+. The molecule has 1 aliphatic carbocycles. The van der Waals surface area contributed by atoms with Gasteiger partial charge in [0.1, 0.15) is 24.2 Å². The Morgan fingerprint density at radius 1 is 1.17 bits per heavy atom. The lowest BCUT2D eigenvalue weighted by atomic mass is 9.91. The fraction of sp³-hybridized carbons (Fsp3) is 0.581. The molecule has 226 valence electrons. The van der Waals surface area contributed by atoms with Crippen LogP contribution in [0.15, 0.2) is 24.4 Å². The summed E-state index contributed by atoms with van der Waals surface area (Å²) < 4.78 is 12.9. The number of carbonyl (C=O) groups excluding carboxylic acids is 2. The van der Waals surface area contributed by atoms with E-state index in [1.54, 1.807) is 15.7 Å². The molecule has 10 nitrogen and oxygen atoms in total. The Bertz CT molecular complexity index is 1330. The number of nitrogens with zero attached hydrogens (tertiary/aromatic N) is 5. The van der Waals surface area contributed by atoms with Crippen molar-refractivity contribution in [1.29, 1.82) is 5.26 Å². The minimum absolute atomic E-state index is 0.126. The molecule has 1 saturated heterocycles. The lowest BCUT2D eigenvalue weighted by molar-refractivity contribution is 0.0204. The van der Waals surface area contributed by atoms with Crippen molar-refractivity contribution in [2.24, 2.45) is 0 Å². The summed E-state index contributed by atoms with van der Waals surface area (Å²) in [5.74, 6) is 0.846. The molecule has 11 heteroatoms. The molecule has 2 amide bonds. The summed E-state index contributed by atoms with van der Waals surface area (Å²) in [6, 6.07) is 5.92. The number of likely N-dealkylation sites (tertiary alicyclic amines) is 1. The van der Waals surface area contributed by atoms with Gasteiger partial charge in [0.15, 0.2) is 5.69 Å². The van der Waals surface area contributed by atoms with Crippen LogP contribution >= 0.6 is 0 Å². The SMILES string of the molecule is C[S+](C)CCOCn1cc(C#N)nc1C(=O)Nc1ccc(C2CCN(C(=O)OC(C)(C)C)CC2)nc1C1=CCCCC1. The van der Waals surface area contributed by atoms with Crippen LogP contribution in [0.25, 0.3) is 5.57 Å². The van der Waals surface area contributed by atoms with Crippen molar-refractivity contribution in [2.45, 2.75) is 77.5 Å². The van der Waals surface area contributed by atoms with E-state index in [1.807, 2.05) is 39.0 Å². The average Bonchev–Trinajstić information content (AvgIpc) is 3.38. The molecule has 0 unspecified atom stereocenters. The quantitative estimate of drug-likeness (QED) is 0.307. The summed E-state index contributed by atoms with van der Waals surface area (Å²) in [6.45, 7) is 7.57. The Hall–Kier alpha value is -3.36. The van der Waals surface area contributed by atoms with Gasteiger partial charge in [-0.3, -0.25) is 9.78 Å². The van der Waals surface area contributed by atoms with Crippen molar-refractivity contribution in [2.75, 3.05) is 43.3 Å². The molecule has 1 fully saturated rings. The molecule has 2 aromatic heterocycles. The van der Waals surface area contributed by atoms with Crippen LogP contribution in [0.5, 0.6) is 0 Å². The maximum absolute atomic E-state index is 13.5. The Kier molecular flexibility index (Phi) is 10.7. The summed E-state index contributed by atoms with van der Waals surface area (Å²) in [5.41, 5.74) is 3.14. The first-order valence-electron chi connectivity index (χ1n) is 14.6. The van der Waals surface area contributed by atoms with E-state index < -0.39 is 11.5 Å². The van der Waals surface area contributed by atoms with Gasteiger partial charge in [-0.25, -0.2) is 9.78 Å². The lowest BCUT2D eigenvalue weighted by Crippen LogP contribution is -2.41. The summed E-state index contributed by atoms with van der Waals surface area (Å²) in [6.07, 6.45) is 13.5. The molecule has 4 rings (SSSR count). The number of pyridine rings is 1. The number of carbonyl (C=O) groups is 2. The van der Waals surface area contributed by atoms with Crippen LogP contribution in [-0.2, 0) is 27.1 Å². The molecule has 0 spiro atoms. The Morgan fingerprint density at radius 2 is 1.93 bits per heavy atom. The van der Waals surface area contributed by atoms with Crippen molar-refractivity contribution >= 4 is 34.2 Å². The van der Waals surface area contributed by atoms with E-state index in [-0.39, 0.29) is 41.2 Å². The van der Waals surface area contributed by atoms with Crippen LogP contribution in [0, 0.1) is 11.3 Å². The van der Waals surface area contributed by atoms with Gasteiger partial charge in [0.05, 0.1) is 30.5 Å². The molecule has 2 aliphatic rings. The van der Waals surface area contributed by atoms with Crippen LogP contribution in [-0.4, -0.2) is 75.0 Å². The zero-order valence-corrected chi connectivity index (χ0v) is 26.3. The summed E-state index contributed by atoms with van der Waals surface area (Å²) in [5, 5.41) is 12.4. The number of piperidine rings is 1. The van der Waals surface area contributed by atoms with Gasteiger partial charge in [0.25, 0.3) is 5.91 Å². The third-order valence-electron chi connectivity index (χ3n) is 7.29. The summed E-state index contributed by atoms with van der Waals surface area (Å²) >= 11 is 0. The molecule has 0 radical (unpaired) electrons. The minimum atomic E-state index is -0.521. The molecule has 3 heterocycles. The number of rotatable bonds is 9. The predicted octanol–water partition coefficient (Wildman–Crippen LogP) is 5.33. The van der Waals surface area contributed by atoms with Gasteiger partial charge in [0.2, 0.25) is 5.82 Å². The highest BCUT2D eigenvalue weighted by Gasteiger charge is 2.29. The molecule has 0 aromatic carbocycles. The van der Waals surface area contributed by atoms with E-state index in [1.165, 1.54) is 0 Å². The average molecular weight is 596 g/mol. The Morgan fingerprint density at radius 3 is 2.57 bits per heavy atom. The molecule has 0 saturated carbocycles. The highest BCUT2D eigenvalue weighted by Crippen LogP contribution is 2.34. The van der Waals surface area contributed by atoms with Crippen molar-refractivity contribution in [3.8, 4) is 6.07 Å². The third kappa shape index (κ3) is 8.58. The summed E-state index contributed by atoms with van der Waals surface area (Å²) in [4.78, 5) is 37.1. The van der Waals surface area contributed by atoms with Crippen LogP contribution in [0.3, 0.4) is 0 Å². The van der Waals surface area contributed by atoms with Gasteiger partial charge < -0.3 is 24.3 Å². The first kappa shape index (κ1) is 31.6. The monoisotopic (exact) mass is 595 g/mol. The topological polar surface area (TPSA) is 122 Å². The number of hydrogen-bond donors (Lipinski definition) is 1. The number of nitriles is 1. The number of amides is 2. The molecule has 42 heavy (non-hydrogen) atoms. The second kappa shape index (κ2) is 14.2. The molecule has 0 atom stereocenters. The van der Waals surface area contributed by atoms with Gasteiger partial charge >= 0.3 is 6.09 Å². The minimum Gasteiger partial charge on any atom is -0.444 e. The first-order chi connectivity index (χ1) is 20.0. The maximum atomic E-state index is 13.5. The second-order valence-electron chi connectivity index (χ2n) is 12.1. The number of nitrogens with one attached hydrogen (secondary N) is 1. The van der Waals surface area contributed by atoms with Crippen LogP contribution < -0.4 is 5.32 Å². The number of imidazole rings is 1. The smallest absolute Gasteiger partial charge is 0.410 e. The Labute approximate surface area is 251 Å². The molecule has 0 bridgehead atoms. The van der Waals surface area contributed by atoms with E-state index in [9.17, 15) is 14.9 Å². The predicted molar refractivity (Wildman–Crippen MR) is 165 cm³/mol. The third-order valence-corrected chi connectivity index (χ3v) is 8.27. The standard InChI is InChI=1S/C31H42N6O4S/c1-31(2,3)41-30(39)36-15-13-22(14-16-36)25-11-12-26(27(34-25)23-9-7-6-8-10-23)35-29(38)28-33-24(19-32)20-37(28)21-40-17-18-42(4)5/h9,11-12,20,22H,6-8,10,13-18,21H2,1-5H3/p+1. The maximum Gasteiger partial charge on any atom is 0.410 e. The van der Waals surface area contributed by atoms with Crippen molar-refractivity contribution in [3.63, 3.8) is 0 Å². The molecule has 1 aliphatic heterocycles. The van der Waals surface area contributed by atoms with Gasteiger partial charge in [-0.1, -0.05) is 6.08 Å². The molecular weight excluding hydrogens is 552 g/mol. The van der Waals surface area contributed by atoms with Crippen LogP contribution in [0.2, 0.25) is 0 Å². The van der Waals surface area contributed by atoms with E-state index in [4.69, 9.17) is 14.5 Å². The van der Waals surface area contributed by atoms with Crippen molar-refractivity contribution in [3.05, 3.63) is 47.3 Å². The molecule has 2 aromatic rings. The Balaban J connectivity index is 1.51. The van der Waals surface area contributed by atoms with E-state index in [2.05, 4.69) is 28.9 Å². The van der Waals surface area contributed by atoms with Gasteiger partial charge in [-0.2, -0.15) is 5.26 Å². The number of allylic oxidation sites excluding steroid dienone is 2. The van der Waals surface area contributed by atoms with Gasteiger partial charge in [-0.05, 0) is 87.9 Å². The number of aromatic nitrogens is 3. The van der Waals surface area contributed by atoms with E-state index in [0.29, 0.717) is 25.4 Å². The highest BCUT2D eigenvalue weighted by molar-refractivity contribution is 7.95. The fourth-order valence-corrected chi connectivity index (χ4v) is 5.55. The first-order valence-corrected chi connectivity index (χ1v) is 16.8. The van der Waals surface area contributed by atoms with Crippen molar-refractivity contribution < 1.29 is 19.1 Å². The zero-order valence-electron chi connectivity index (χ0n) is 25.4. The van der Waals surface area contributed by atoms with Crippen molar-refractivity contribution in [1.82, 2.24) is 19.4 Å². The normalized spacial score (nSPS) is 16.2. The van der Waals surface area contributed by atoms with Crippen LogP contribution in [0.4, 0.5) is 10.5 Å². The zero-order chi connectivity index (χ0) is 30.3. The largest absolute Gasteiger partial charge is 0.444 e. The molecule has 1 N–H and O–H groups in total. The van der Waals surface area contributed by atoms with E-state index in [0.717, 1.165) is 61.2 Å². The van der Waals surface area contributed by atoms with Crippen LogP contribution in [0.1, 0.15) is 92.9 Å². The number of hydrogen-bond acceptors (Lipinski definition) is 7. The fourth-order valence-electron chi connectivity index (χ4n) is 5.10. The lowest BCUT2D eigenvalue weighted by Gasteiger charge is -2.33. The van der Waals surface area contributed by atoms with Gasteiger partial charge in [0, 0.05) is 30.9 Å². The second-order valence-corrected chi connectivity index (χ2v) is 14.4.